The average Bonchev–Trinajstić information content (AvgIpc) is 2.28. The first kappa shape index (κ1) is 13.5. The van der Waals surface area contributed by atoms with Gasteiger partial charge in [0.1, 0.15) is 5.75 Å². The van der Waals surface area contributed by atoms with E-state index >= 15 is 0 Å². The minimum absolute atomic E-state index is 0.630. The van der Waals surface area contributed by atoms with E-state index < -0.39 is 0 Å². The molecule has 1 aromatic carbocycles. The number of para-hydroxylation sites is 1. The summed E-state index contributed by atoms with van der Waals surface area (Å²) >= 11 is 3.49. The van der Waals surface area contributed by atoms with Gasteiger partial charge < -0.3 is 15.2 Å². The van der Waals surface area contributed by atoms with Gasteiger partial charge in [-0.25, -0.2) is 0 Å². The molecule has 0 saturated heterocycles. The summed E-state index contributed by atoms with van der Waals surface area (Å²) in [6, 6.07) is 6.02. The number of nitrogens with two attached hydrogens (primary N) is 1. The molecular weight excluding hydrogens is 270 g/mol. The van der Waals surface area contributed by atoms with Crippen molar-refractivity contribution in [1.82, 2.24) is 0 Å². The molecule has 0 heterocycles. The van der Waals surface area contributed by atoms with Gasteiger partial charge >= 0.3 is 0 Å². The van der Waals surface area contributed by atoms with Gasteiger partial charge in [-0.15, -0.1) is 0 Å². The second-order valence-electron chi connectivity index (χ2n) is 3.46. The number of hydrogen-bond acceptors (Lipinski definition) is 3. The Balaban J connectivity index is 2.61. The standard InChI is InChI=1S/C12H18BrNO2/c1-15-8-3-9-16-12-10(6-7-14)4-2-5-11(12)13/h2,4-5H,3,6-9,14H2,1H3. The van der Waals surface area contributed by atoms with E-state index in [1.54, 1.807) is 7.11 Å². The molecule has 0 saturated carbocycles. The van der Waals surface area contributed by atoms with Crippen molar-refractivity contribution in [3.63, 3.8) is 0 Å². The summed E-state index contributed by atoms with van der Waals surface area (Å²) in [6.45, 7) is 2.01. The zero-order valence-electron chi connectivity index (χ0n) is 9.54. The van der Waals surface area contributed by atoms with E-state index in [9.17, 15) is 0 Å². The monoisotopic (exact) mass is 287 g/mol. The fourth-order valence-electron chi connectivity index (χ4n) is 1.45. The molecule has 3 nitrogen and oxygen atoms in total. The first-order valence-corrected chi connectivity index (χ1v) is 6.18. The third-order valence-corrected chi connectivity index (χ3v) is 2.83. The van der Waals surface area contributed by atoms with Crippen LogP contribution in [0, 0.1) is 0 Å². The molecular formula is C12H18BrNO2. The summed E-state index contributed by atoms with van der Waals surface area (Å²) in [5.74, 6) is 0.907. The molecule has 0 unspecified atom stereocenters. The van der Waals surface area contributed by atoms with Crippen molar-refractivity contribution in [2.24, 2.45) is 5.73 Å². The molecule has 0 spiro atoms. The van der Waals surface area contributed by atoms with E-state index in [0.717, 1.165) is 35.2 Å². The summed E-state index contributed by atoms with van der Waals surface area (Å²) in [5, 5.41) is 0. The first-order chi connectivity index (χ1) is 7.79. The van der Waals surface area contributed by atoms with Gasteiger partial charge in [0.2, 0.25) is 0 Å². The van der Waals surface area contributed by atoms with Crippen molar-refractivity contribution in [3.05, 3.63) is 28.2 Å². The van der Waals surface area contributed by atoms with Crippen LogP contribution >= 0.6 is 15.9 Å². The Morgan fingerprint density at radius 3 is 2.81 bits per heavy atom. The molecule has 0 aliphatic heterocycles. The molecule has 0 aromatic heterocycles. The van der Waals surface area contributed by atoms with Gasteiger partial charge in [0.05, 0.1) is 11.1 Å². The fraction of sp³-hybridized carbons (Fsp3) is 0.500. The SMILES string of the molecule is COCCCOc1c(Br)cccc1CCN. The summed E-state index contributed by atoms with van der Waals surface area (Å²) < 4.78 is 11.7. The van der Waals surface area contributed by atoms with E-state index in [1.165, 1.54) is 0 Å². The third-order valence-electron chi connectivity index (χ3n) is 2.20. The lowest BCUT2D eigenvalue weighted by atomic mass is 10.1. The topological polar surface area (TPSA) is 44.5 Å². The number of rotatable bonds is 7. The highest BCUT2D eigenvalue weighted by Crippen LogP contribution is 2.29. The van der Waals surface area contributed by atoms with Gasteiger partial charge in [0.15, 0.2) is 0 Å². The van der Waals surface area contributed by atoms with Crippen LogP contribution in [0.2, 0.25) is 0 Å². The summed E-state index contributed by atoms with van der Waals surface area (Å²) in [4.78, 5) is 0. The van der Waals surface area contributed by atoms with Crippen molar-refractivity contribution < 1.29 is 9.47 Å². The Hall–Kier alpha value is -0.580. The molecule has 0 fully saturated rings. The van der Waals surface area contributed by atoms with Crippen LogP contribution in [-0.2, 0) is 11.2 Å². The van der Waals surface area contributed by atoms with Gasteiger partial charge in [0.25, 0.3) is 0 Å². The van der Waals surface area contributed by atoms with Crippen LogP contribution in [0.1, 0.15) is 12.0 Å². The third kappa shape index (κ3) is 4.12. The van der Waals surface area contributed by atoms with Crippen molar-refractivity contribution in [2.45, 2.75) is 12.8 Å². The molecule has 0 aliphatic rings. The van der Waals surface area contributed by atoms with Crippen molar-refractivity contribution >= 4 is 15.9 Å². The molecule has 0 radical (unpaired) electrons. The average molecular weight is 288 g/mol. The molecule has 90 valence electrons. The number of methoxy groups -OCH3 is 1. The molecule has 0 aliphatic carbocycles. The first-order valence-electron chi connectivity index (χ1n) is 5.38. The maximum atomic E-state index is 5.74. The Labute approximate surface area is 105 Å². The molecule has 0 bridgehead atoms. The number of hydrogen-bond donors (Lipinski definition) is 1. The Kier molecular flexibility index (Phi) is 6.45. The molecule has 4 heteroatoms. The van der Waals surface area contributed by atoms with Gasteiger partial charge in [-0.3, -0.25) is 0 Å². The van der Waals surface area contributed by atoms with Crippen LogP contribution in [0.15, 0.2) is 22.7 Å². The highest BCUT2D eigenvalue weighted by atomic mass is 79.9. The molecule has 16 heavy (non-hydrogen) atoms. The Bertz CT molecular complexity index is 318. The highest BCUT2D eigenvalue weighted by molar-refractivity contribution is 9.10. The van der Waals surface area contributed by atoms with Crippen LogP contribution in [0.3, 0.4) is 0 Å². The predicted octanol–water partition coefficient (Wildman–Crippen LogP) is 2.37. The molecule has 0 atom stereocenters. The van der Waals surface area contributed by atoms with Gasteiger partial charge in [-0.05, 0) is 40.5 Å². The van der Waals surface area contributed by atoms with Crippen molar-refractivity contribution in [2.75, 3.05) is 26.9 Å². The van der Waals surface area contributed by atoms with E-state index in [2.05, 4.69) is 15.9 Å². The Morgan fingerprint density at radius 2 is 2.12 bits per heavy atom. The van der Waals surface area contributed by atoms with Crippen LogP contribution in [-0.4, -0.2) is 26.9 Å². The Morgan fingerprint density at radius 1 is 1.31 bits per heavy atom. The maximum Gasteiger partial charge on any atom is 0.136 e. The van der Waals surface area contributed by atoms with E-state index in [4.69, 9.17) is 15.2 Å². The second kappa shape index (κ2) is 7.65. The van der Waals surface area contributed by atoms with Gasteiger partial charge in [-0.2, -0.15) is 0 Å². The van der Waals surface area contributed by atoms with Crippen LogP contribution in [0.5, 0.6) is 5.75 Å². The van der Waals surface area contributed by atoms with Gasteiger partial charge in [-0.1, -0.05) is 12.1 Å². The van der Waals surface area contributed by atoms with E-state index in [1.807, 2.05) is 18.2 Å². The number of ether oxygens (including phenoxy) is 2. The largest absolute Gasteiger partial charge is 0.492 e. The molecule has 1 rings (SSSR count). The minimum Gasteiger partial charge on any atom is -0.492 e. The molecule has 0 amide bonds. The zero-order chi connectivity index (χ0) is 11.8. The quantitative estimate of drug-likeness (QED) is 0.783. The second-order valence-corrected chi connectivity index (χ2v) is 4.32. The normalized spacial score (nSPS) is 10.4. The van der Waals surface area contributed by atoms with Gasteiger partial charge in [0, 0.05) is 20.1 Å². The fourth-order valence-corrected chi connectivity index (χ4v) is 1.97. The minimum atomic E-state index is 0.630. The molecule has 2 N–H and O–H groups in total. The lowest BCUT2D eigenvalue weighted by molar-refractivity contribution is 0.171. The predicted molar refractivity (Wildman–Crippen MR) is 68.9 cm³/mol. The van der Waals surface area contributed by atoms with Crippen molar-refractivity contribution in [3.8, 4) is 5.75 Å². The zero-order valence-corrected chi connectivity index (χ0v) is 11.1. The lowest BCUT2D eigenvalue weighted by Gasteiger charge is -2.12. The van der Waals surface area contributed by atoms with Crippen LogP contribution in [0.25, 0.3) is 0 Å². The van der Waals surface area contributed by atoms with Crippen LogP contribution < -0.4 is 10.5 Å². The summed E-state index contributed by atoms with van der Waals surface area (Å²) in [6.07, 6.45) is 1.72. The van der Waals surface area contributed by atoms with Crippen molar-refractivity contribution in [1.29, 1.82) is 0 Å². The highest BCUT2D eigenvalue weighted by Gasteiger charge is 2.06. The van der Waals surface area contributed by atoms with E-state index in [-0.39, 0.29) is 0 Å². The van der Waals surface area contributed by atoms with E-state index in [0.29, 0.717) is 13.2 Å². The van der Waals surface area contributed by atoms with Crippen LogP contribution in [0.4, 0.5) is 0 Å². The maximum absolute atomic E-state index is 5.74. The summed E-state index contributed by atoms with van der Waals surface area (Å²) in [7, 11) is 1.69. The summed E-state index contributed by atoms with van der Waals surface area (Å²) in [5.41, 5.74) is 6.71. The lowest BCUT2D eigenvalue weighted by Crippen LogP contribution is -2.07. The number of benzene rings is 1. The smallest absolute Gasteiger partial charge is 0.136 e. The molecule has 1 aromatic rings. The number of halogens is 1.